The molecule has 0 amide bonds. The van der Waals surface area contributed by atoms with E-state index < -0.39 is 6.04 Å². The Hall–Kier alpha value is -1.22. The lowest BCUT2D eigenvalue weighted by Gasteiger charge is -2.19. The van der Waals surface area contributed by atoms with E-state index >= 15 is 0 Å². The highest BCUT2D eigenvalue weighted by Gasteiger charge is 2.19. The summed E-state index contributed by atoms with van der Waals surface area (Å²) in [7, 11) is 1.62. The third-order valence-corrected chi connectivity index (χ3v) is 3.69. The van der Waals surface area contributed by atoms with E-state index in [0.29, 0.717) is 10.0 Å². The predicted molar refractivity (Wildman–Crippen MR) is 80.2 cm³/mol. The zero-order chi connectivity index (χ0) is 14.0. The van der Waals surface area contributed by atoms with Crippen molar-refractivity contribution in [3.8, 4) is 5.75 Å². The van der Waals surface area contributed by atoms with E-state index in [0.717, 1.165) is 22.4 Å². The molecule has 0 heterocycles. The first-order valence-electron chi connectivity index (χ1n) is 5.88. The van der Waals surface area contributed by atoms with Gasteiger partial charge in [-0.1, -0.05) is 47.0 Å². The Morgan fingerprint density at radius 1 is 1.11 bits per heavy atom. The Morgan fingerprint density at radius 2 is 1.74 bits per heavy atom. The highest BCUT2D eigenvalue weighted by atomic mass is 35.5. The topological polar surface area (TPSA) is 35.2 Å². The molecule has 2 aromatic carbocycles. The second-order valence-corrected chi connectivity index (χ2v) is 5.17. The van der Waals surface area contributed by atoms with Gasteiger partial charge in [0.1, 0.15) is 5.75 Å². The summed E-state index contributed by atoms with van der Waals surface area (Å²) in [5, 5.41) is 1.12. The fourth-order valence-electron chi connectivity index (χ4n) is 2.06. The van der Waals surface area contributed by atoms with Crippen LogP contribution < -0.4 is 10.5 Å². The maximum atomic E-state index is 6.31. The van der Waals surface area contributed by atoms with E-state index in [4.69, 9.17) is 33.7 Å². The van der Waals surface area contributed by atoms with Gasteiger partial charge in [-0.15, -0.1) is 0 Å². The molecule has 0 fully saturated rings. The van der Waals surface area contributed by atoms with Crippen LogP contribution >= 0.6 is 23.2 Å². The number of hydrogen-bond acceptors (Lipinski definition) is 2. The molecular weight excluding hydrogens is 281 g/mol. The van der Waals surface area contributed by atoms with Crippen molar-refractivity contribution in [1.82, 2.24) is 0 Å². The summed E-state index contributed by atoms with van der Waals surface area (Å²) in [4.78, 5) is 0. The lowest BCUT2D eigenvalue weighted by Crippen LogP contribution is -2.14. The maximum absolute atomic E-state index is 6.31. The van der Waals surface area contributed by atoms with Gasteiger partial charge in [0.05, 0.1) is 13.2 Å². The molecule has 2 rings (SSSR count). The van der Waals surface area contributed by atoms with Crippen molar-refractivity contribution in [3.63, 3.8) is 0 Å². The van der Waals surface area contributed by atoms with Gasteiger partial charge in [-0.2, -0.15) is 0 Å². The van der Waals surface area contributed by atoms with Gasteiger partial charge in [0.25, 0.3) is 0 Å². The molecule has 0 aliphatic rings. The van der Waals surface area contributed by atoms with E-state index in [1.807, 2.05) is 25.1 Å². The van der Waals surface area contributed by atoms with E-state index in [2.05, 4.69) is 0 Å². The lowest BCUT2D eigenvalue weighted by molar-refractivity contribution is 0.407. The highest BCUT2D eigenvalue weighted by Crippen LogP contribution is 2.36. The summed E-state index contributed by atoms with van der Waals surface area (Å²) in [6.07, 6.45) is 0. The largest absolute Gasteiger partial charge is 0.496 e. The van der Waals surface area contributed by atoms with Crippen LogP contribution in [0.3, 0.4) is 0 Å². The Labute approximate surface area is 123 Å². The van der Waals surface area contributed by atoms with Gasteiger partial charge < -0.3 is 10.5 Å². The molecule has 2 N–H and O–H groups in total. The molecule has 0 aliphatic carbocycles. The number of hydrogen-bond donors (Lipinski definition) is 1. The van der Waals surface area contributed by atoms with Crippen LogP contribution in [0.25, 0.3) is 0 Å². The minimum absolute atomic E-state index is 0.420. The van der Waals surface area contributed by atoms with Crippen LogP contribution in [0.2, 0.25) is 10.0 Å². The number of ether oxygens (including phenoxy) is 1. The van der Waals surface area contributed by atoms with Crippen molar-refractivity contribution in [3.05, 3.63) is 63.1 Å². The Morgan fingerprint density at radius 3 is 2.32 bits per heavy atom. The zero-order valence-electron chi connectivity index (χ0n) is 10.8. The van der Waals surface area contributed by atoms with Gasteiger partial charge in [-0.05, 0) is 25.1 Å². The molecule has 4 heteroatoms. The molecule has 2 aromatic rings. The van der Waals surface area contributed by atoms with Crippen LogP contribution in [0.1, 0.15) is 22.7 Å². The first-order valence-corrected chi connectivity index (χ1v) is 6.64. The number of benzene rings is 2. The van der Waals surface area contributed by atoms with Gasteiger partial charge in [0.15, 0.2) is 0 Å². The minimum atomic E-state index is -0.420. The molecule has 0 aromatic heterocycles. The van der Waals surface area contributed by atoms with Crippen molar-refractivity contribution >= 4 is 23.2 Å². The van der Waals surface area contributed by atoms with Crippen LogP contribution in [-0.4, -0.2) is 7.11 Å². The van der Waals surface area contributed by atoms with Gasteiger partial charge in [-0.25, -0.2) is 0 Å². The van der Waals surface area contributed by atoms with Gasteiger partial charge in [-0.3, -0.25) is 0 Å². The third-order valence-electron chi connectivity index (χ3n) is 3.03. The monoisotopic (exact) mass is 295 g/mol. The Bertz CT molecular complexity index is 578. The molecule has 2 nitrogen and oxygen atoms in total. The zero-order valence-corrected chi connectivity index (χ0v) is 12.3. The predicted octanol–water partition coefficient (Wildman–Crippen LogP) is 4.36. The van der Waals surface area contributed by atoms with E-state index in [-0.39, 0.29) is 0 Å². The summed E-state index contributed by atoms with van der Waals surface area (Å²) >= 11 is 12.4. The van der Waals surface area contributed by atoms with Gasteiger partial charge in [0, 0.05) is 21.2 Å². The smallest absolute Gasteiger partial charge is 0.123 e. The van der Waals surface area contributed by atoms with Crippen LogP contribution in [-0.2, 0) is 0 Å². The number of methoxy groups -OCH3 is 1. The third kappa shape index (κ3) is 2.86. The van der Waals surface area contributed by atoms with Crippen LogP contribution in [0.15, 0.2) is 36.4 Å². The van der Waals surface area contributed by atoms with Crippen molar-refractivity contribution in [2.45, 2.75) is 13.0 Å². The molecule has 0 aliphatic heterocycles. The number of halogens is 2. The SMILES string of the molecule is COc1ccc(C)cc1C(N)c1c(Cl)cccc1Cl. The lowest BCUT2D eigenvalue weighted by atomic mass is 9.97. The molecule has 0 saturated carbocycles. The molecule has 19 heavy (non-hydrogen) atoms. The average Bonchev–Trinajstić information content (AvgIpc) is 2.38. The van der Waals surface area contributed by atoms with Crippen molar-refractivity contribution in [1.29, 1.82) is 0 Å². The second-order valence-electron chi connectivity index (χ2n) is 4.36. The molecule has 0 saturated heterocycles. The first-order chi connectivity index (χ1) is 9.04. The number of nitrogens with two attached hydrogens (primary N) is 1. The van der Waals surface area contributed by atoms with Crippen molar-refractivity contribution in [2.75, 3.05) is 7.11 Å². The summed E-state index contributed by atoms with van der Waals surface area (Å²) < 4.78 is 5.36. The Balaban J connectivity index is 2.55. The fourth-order valence-corrected chi connectivity index (χ4v) is 2.69. The van der Waals surface area contributed by atoms with Gasteiger partial charge >= 0.3 is 0 Å². The average molecular weight is 296 g/mol. The van der Waals surface area contributed by atoms with Crippen LogP contribution in [0, 0.1) is 6.92 Å². The normalized spacial score (nSPS) is 12.3. The number of rotatable bonds is 3. The standard InChI is InChI=1S/C15H15Cl2NO/c1-9-6-7-13(19-2)10(8-9)15(18)14-11(16)4-3-5-12(14)17/h3-8,15H,18H2,1-2H3. The highest BCUT2D eigenvalue weighted by molar-refractivity contribution is 6.36. The summed E-state index contributed by atoms with van der Waals surface area (Å²) in [5.74, 6) is 0.731. The van der Waals surface area contributed by atoms with Gasteiger partial charge in [0.2, 0.25) is 0 Å². The maximum Gasteiger partial charge on any atom is 0.123 e. The second kappa shape index (κ2) is 5.83. The first kappa shape index (κ1) is 14.2. The molecule has 1 atom stereocenters. The molecule has 1 unspecified atom stereocenters. The molecule has 100 valence electrons. The van der Waals surface area contributed by atoms with E-state index in [1.165, 1.54) is 0 Å². The Kier molecular flexibility index (Phi) is 4.35. The molecule has 0 radical (unpaired) electrons. The number of aryl methyl sites for hydroxylation is 1. The molecule has 0 spiro atoms. The fraction of sp³-hybridized carbons (Fsp3) is 0.200. The van der Waals surface area contributed by atoms with E-state index in [1.54, 1.807) is 25.3 Å². The van der Waals surface area contributed by atoms with Crippen molar-refractivity contribution < 1.29 is 4.74 Å². The minimum Gasteiger partial charge on any atom is -0.496 e. The quantitative estimate of drug-likeness (QED) is 0.913. The van der Waals surface area contributed by atoms with Crippen LogP contribution in [0.4, 0.5) is 0 Å². The summed E-state index contributed by atoms with van der Waals surface area (Å²) in [6.45, 7) is 2.00. The van der Waals surface area contributed by atoms with Crippen LogP contribution in [0.5, 0.6) is 5.75 Å². The van der Waals surface area contributed by atoms with E-state index in [9.17, 15) is 0 Å². The molecule has 0 bridgehead atoms. The summed E-state index contributed by atoms with van der Waals surface area (Å²) in [6, 6.07) is 10.8. The van der Waals surface area contributed by atoms with Crippen molar-refractivity contribution in [2.24, 2.45) is 5.73 Å². The molecular formula is C15H15Cl2NO. The summed E-state index contributed by atoms with van der Waals surface area (Å²) in [5.41, 5.74) is 9.01.